The van der Waals surface area contributed by atoms with Gasteiger partial charge in [0.05, 0.1) is 0 Å². The molecule has 3 rings (SSSR count). The van der Waals surface area contributed by atoms with Crippen molar-refractivity contribution in [1.29, 1.82) is 0 Å². The van der Waals surface area contributed by atoms with Crippen molar-refractivity contribution in [3.63, 3.8) is 0 Å². The molecule has 0 saturated heterocycles. The van der Waals surface area contributed by atoms with Crippen LogP contribution in [0.2, 0.25) is 0 Å². The second kappa shape index (κ2) is 6.18. The maximum absolute atomic E-state index is 10.3. The third kappa shape index (κ3) is 2.96. The Morgan fingerprint density at radius 1 is 1.00 bits per heavy atom. The monoisotopic (exact) mass is 295 g/mol. The van der Waals surface area contributed by atoms with Crippen LogP contribution in [0.1, 0.15) is 37.3 Å². The van der Waals surface area contributed by atoms with Crippen molar-refractivity contribution in [3.8, 4) is 11.4 Å². The molecule has 1 aromatic heterocycles. The molecule has 0 spiro atoms. The Kier molecular flexibility index (Phi) is 4.09. The molecule has 0 bridgehead atoms. The standard InChI is InChI=1S/C18H21N3O/c1-3-4-5-6-14-8-10-17(18(22)12-14)21-19-15-9-7-13(2)11-16(15)20-21/h7-12,22H,3-6H2,1-2H3. The number of phenols is 1. The Balaban J connectivity index is 1.89. The number of hydrogen-bond acceptors (Lipinski definition) is 3. The predicted molar refractivity (Wildman–Crippen MR) is 88.5 cm³/mol. The van der Waals surface area contributed by atoms with E-state index in [1.165, 1.54) is 17.6 Å². The molecule has 4 heteroatoms. The number of aryl methyl sites for hydroxylation is 2. The normalized spacial score (nSPS) is 11.2. The van der Waals surface area contributed by atoms with E-state index < -0.39 is 0 Å². The first kappa shape index (κ1) is 14.6. The van der Waals surface area contributed by atoms with Gasteiger partial charge in [0.15, 0.2) is 0 Å². The largest absolute Gasteiger partial charge is 0.506 e. The molecule has 0 aliphatic heterocycles. The van der Waals surface area contributed by atoms with Gasteiger partial charge < -0.3 is 5.11 Å². The fourth-order valence-electron chi connectivity index (χ4n) is 2.61. The van der Waals surface area contributed by atoms with Gasteiger partial charge in [-0.1, -0.05) is 31.9 Å². The second-order valence-electron chi connectivity index (χ2n) is 5.76. The Hall–Kier alpha value is -2.36. The molecular weight excluding hydrogens is 274 g/mol. The summed E-state index contributed by atoms with van der Waals surface area (Å²) in [5.41, 5.74) is 4.59. The quantitative estimate of drug-likeness (QED) is 0.719. The van der Waals surface area contributed by atoms with E-state index in [4.69, 9.17) is 0 Å². The molecule has 0 fully saturated rings. The summed E-state index contributed by atoms with van der Waals surface area (Å²) in [4.78, 5) is 1.51. The highest BCUT2D eigenvalue weighted by Crippen LogP contribution is 2.24. The van der Waals surface area contributed by atoms with Crippen molar-refractivity contribution in [2.75, 3.05) is 0 Å². The molecule has 0 aliphatic rings. The van der Waals surface area contributed by atoms with E-state index in [9.17, 15) is 5.11 Å². The summed E-state index contributed by atoms with van der Waals surface area (Å²) in [6, 6.07) is 11.7. The summed E-state index contributed by atoms with van der Waals surface area (Å²) >= 11 is 0. The van der Waals surface area contributed by atoms with Gasteiger partial charge in [-0.3, -0.25) is 0 Å². The molecule has 3 aromatic rings. The number of unbranched alkanes of at least 4 members (excludes halogenated alkanes) is 2. The van der Waals surface area contributed by atoms with Crippen LogP contribution in [-0.4, -0.2) is 20.1 Å². The first-order valence-corrected chi connectivity index (χ1v) is 7.83. The van der Waals surface area contributed by atoms with Gasteiger partial charge in [-0.25, -0.2) is 0 Å². The summed E-state index contributed by atoms with van der Waals surface area (Å²) in [6.07, 6.45) is 4.56. The highest BCUT2D eigenvalue weighted by atomic mass is 16.3. The summed E-state index contributed by atoms with van der Waals surface area (Å²) < 4.78 is 0. The average Bonchev–Trinajstić information content (AvgIpc) is 2.90. The Bertz CT molecular complexity index is 792. The van der Waals surface area contributed by atoms with Gasteiger partial charge in [0, 0.05) is 0 Å². The predicted octanol–water partition coefficient (Wildman–Crippen LogP) is 4.17. The van der Waals surface area contributed by atoms with Crippen molar-refractivity contribution in [1.82, 2.24) is 15.0 Å². The topological polar surface area (TPSA) is 50.9 Å². The zero-order chi connectivity index (χ0) is 15.5. The van der Waals surface area contributed by atoms with Crippen molar-refractivity contribution in [2.24, 2.45) is 0 Å². The Morgan fingerprint density at radius 2 is 1.82 bits per heavy atom. The third-order valence-corrected chi connectivity index (χ3v) is 3.86. The molecule has 0 unspecified atom stereocenters. The van der Waals surface area contributed by atoms with E-state index in [0.29, 0.717) is 5.69 Å². The lowest BCUT2D eigenvalue weighted by atomic mass is 10.1. The van der Waals surface area contributed by atoms with Crippen molar-refractivity contribution < 1.29 is 5.11 Å². The molecular formula is C18H21N3O. The van der Waals surface area contributed by atoms with Crippen molar-refractivity contribution in [3.05, 3.63) is 47.5 Å². The van der Waals surface area contributed by atoms with Gasteiger partial charge in [0.1, 0.15) is 22.5 Å². The number of hydrogen-bond donors (Lipinski definition) is 1. The van der Waals surface area contributed by atoms with Crippen LogP contribution in [0.25, 0.3) is 16.7 Å². The highest BCUT2D eigenvalue weighted by Gasteiger charge is 2.09. The molecule has 0 amide bonds. The van der Waals surface area contributed by atoms with Crippen LogP contribution in [-0.2, 0) is 6.42 Å². The fourth-order valence-corrected chi connectivity index (χ4v) is 2.61. The lowest BCUT2D eigenvalue weighted by Crippen LogP contribution is -1.99. The smallest absolute Gasteiger partial charge is 0.143 e. The van der Waals surface area contributed by atoms with Crippen molar-refractivity contribution in [2.45, 2.75) is 39.5 Å². The molecule has 0 radical (unpaired) electrons. The lowest BCUT2D eigenvalue weighted by molar-refractivity contribution is 0.467. The van der Waals surface area contributed by atoms with Crippen LogP contribution in [0, 0.1) is 6.92 Å². The number of fused-ring (bicyclic) bond motifs is 1. The Morgan fingerprint density at radius 3 is 2.59 bits per heavy atom. The highest BCUT2D eigenvalue weighted by molar-refractivity contribution is 5.74. The van der Waals surface area contributed by atoms with E-state index in [2.05, 4.69) is 17.1 Å². The van der Waals surface area contributed by atoms with Gasteiger partial charge in [-0.15, -0.1) is 15.0 Å². The SMILES string of the molecule is CCCCCc1ccc(-n2nc3ccc(C)cc3n2)c(O)c1. The molecule has 0 aliphatic carbocycles. The van der Waals surface area contributed by atoms with E-state index in [1.54, 1.807) is 0 Å². The maximum Gasteiger partial charge on any atom is 0.143 e. The first-order valence-electron chi connectivity index (χ1n) is 7.83. The first-order chi connectivity index (χ1) is 10.7. The maximum atomic E-state index is 10.3. The number of benzene rings is 2. The summed E-state index contributed by atoms with van der Waals surface area (Å²) in [6.45, 7) is 4.22. The molecule has 1 N–H and O–H groups in total. The van der Waals surface area contributed by atoms with E-state index in [-0.39, 0.29) is 5.75 Å². The zero-order valence-electron chi connectivity index (χ0n) is 13.1. The molecule has 22 heavy (non-hydrogen) atoms. The molecule has 0 atom stereocenters. The zero-order valence-corrected chi connectivity index (χ0v) is 13.1. The fraction of sp³-hybridized carbons (Fsp3) is 0.333. The minimum Gasteiger partial charge on any atom is -0.506 e. The summed E-state index contributed by atoms with van der Waals surface area (Å²) in [5, 5.41) is 19.2. The van der Waals surface area contributed by atoms with Gasteiger partial charge in [-0.05, 0) is 55.2 Å². The molecule has 4 nitrogen and oxygen atoms in total. The Labute approximate surface area is 130 Å². The van der Waals surface area contributed by atoms with Crippen molar-refractivity contribution >= 4 is 11.0 Å². The second-order valence-corrected chi connectivity index (χ2v) is 5.76. The molecule has 2 aromatic carbocycles. The van der Waals surface area contributed by atoms with Gasteiger partial charge in [0.25, 0.3) is 0 Å². The van der Waals surface area contributed by atoms with Gasteiger partial charge >= 0.3 is 0 Å². The number of nitrogens with zero attached hydrogens (tertiary/aromatic N) is 3. The van der Waals surface area contributed by atoms with Gasteiger partial charge in [-0.2, -0.15) is 0 Å². The van der Waals surface area contributed by atoms with Crippen LogP contribution >= 0.6 is 0 Å². The molecule has 1 heterocycles. The summed E-state index contributed by atoms with van der Waals surface area (Å²) in [5.74, 6) is 0.228. The molecule has 0 saturated carbocycles. The van der Waals surface area contributed by atoms with Crippen LogP contribution in [0.4, 0.5) is 0 Å². The lowest BCUT2D eigenvalue weighted by Gasteiger charge is -2.06. The van der Waals surface area contributed by atoms with Crippen LogP contribution in [0.5, 0.6) is 5.75 Å². The van der Waals surface area contributed by atoms with Crippen LogP contribution < -0.4 is 0 Å². The number of phenolic OH excluding ortho intramolecular Hbond substituents is 1. The van der Waals surface area contributed by atoms with E-state index >= 15 is 0 Å². The van der Waals surface area contributed by atoms with Gasteiger partial charge in [0.2, 0.25) is 0 Å². The van der Waals surface area contributed by atoms with Crippen LogP contribution in [0.15, 0.2) is 36.4 Å². The van der Waals surface area contributed by atoms with E-state index in [0.717, 1.165) is 35.0 Å². The minimum atomic E-state index is 0.228. The number of rotatable bonds is 5. The average molecular weight is 295 g/mol. The number of aromatic hydroxyl groups is 1. The minimum absolute atomic E-state index is 0.228. The van der Waals surface area contributed by atoms with E-state index in [1.807, 2.05) is 43.3 Å². The van der Waals surface area contributed by atoms with Crippen LogP contribution in [0.3, 0.4) is 0 Å². The third-order valence-electron chi connectivity index (χ3n) is 3.86. The summed E-state index contributed by atoms with van der Waals surface area (Å²) in [7, 11) is 0. The number of aromatic nitrogens is 3. The molecule has 114 valence electrons.